The van der Waals surface area contributed by atoms with Crippen LogP contribution in [0.2, 0.25) is 0 Å². The molecule has 104 valence electrons. The van der Waals surface area contributed by atoms with Gasteiger partial charge in [-0.3, -0.25) is 4.79 Å². The SMILES string of the molecule is CCn1cnnc1CNC(=O)N1CC(CC(=O)O)C1. The molecule has 0 atom stereocenters. The summed E-state index contributed by atoms with van der Waals surface area (Å²) in [5, 5.41) is 19.1. The zero-order valence-corrected chi connectivity index (χ0v) is 10.7. The van der Waals surface area contributed by atoms with Crippen molar-refractivity contribution in [1.82, 2.24) is 25.0 Å². The molecule has 8 nitrogen and oxygen atoms in total. The second kappa shape index (κ2) is 5.68. The smallest absolute Gasteiger partial charge is 0.317 e. The predicted molar refractivity (Wildman–Crippen MR) is 65.2 cm³/mol. The zero-order valence-electron chi connectivity index (χ0n) is 10.7. The van der Waals surface area contributed by atoms with Crippen molar-refractivity contribution < 1.29 is 14.7 Å². The Kier molecular flexibility index (Phi) is 3.98. The summed E-state index contributed by atoms with van der Waals surface area (Å²) in [6, 6.07) is -0.188. The summed E-state index contributed by atoms with van der Waals surface area (Å²) in [4.78, 5) is 23.9. The number of urea groups is 1. The summed E-state index contributed by atoms with van der Waals surface area (Å²) in [6.45, 7) is 4.05. The van der Waals surface area contributed by atoms with Gasteiger partial charge in [-0.05, 0) is 6.92 Å². The van der Waals surface area contributed by atoms with Gasteiger partial charge >= 0.3 is 12.0 Å². The number of carboxylic acids is 1. The van der Waals surface area contributed by atoms with Crippen molar-refractivity contribution in [2.75, 3.05) is 13.1 Å². The fourth-order valence-corrected chi connectivity index (χ4v) is 2.06. The number of aromatic nitrogens is 3. The molecule has 8 heteroatoms. The van der Waals surface area contributed by atoms with E-state index in [1.54, 1.807) is 11.2 Å². The van der Waals surface area contributed by atoms with Gasteiger partial charge in [0.05, 0.1) is 13.0 Å². The van der Waals surface area contributed by atoms with Crippen molar-refractivity contribution >= 4 is 12.0 Å². The van der Waals surface area contributed by atoms with E-state index in [0.29, 0.717) is 25.5 Å². The van der Waals surface area contributed by atoms with Gasteiger partial charge in [0.1, 0.15) is 6.33 Å². The van der Waals surface area contributed by atoms with Crippen LogP contribution >= 0.6 is 0 Å². The van der Waals surface area contributed by atoms with Crippen molar-refractivity contribution in [2.45, 2.75) is 26.4 Å². The second-order valence-electron chi connectivity index (χ2n) is 4.56. The number of rotatable bonds is 5. The van der Waals surface area contributed by atoms with E-state index in [1.165, 1.54) is 0 Å². The van der Waals surface area contributed by atoms with Crippen molar-refractivity contribution in [1.29, 1.82) is 0 Å². The predicted octanol–water partition coefficient (Wildman–Crippen LogP) is -0.0859. The standard InChI is InChI=1S/C11H17N5O3/c1-2-15-7-13-14-9(15)4-12-11(19)16-5-8(6-16)3-10(17)18/h7-8H,2-6H2,1H3,(H,12,19)(H,17,18). The molecule has 0 aliphatic carbocycles. The van der Waals surface area contributed by atoms with Crippen LogP contribution in [0, 0.1) is 5.92 Å². The number of carbonyl (C=O) groups is 2. The van der Waals surface area contributed by atoms with E-state index in [2.05, 4.69) is 15.5 Å². The minimum Gasteiger partial charge on any atom is -0.481 e. The molecule has 0 radical (unpaired) electrons. The van der Waals surface area contributed by atoms with Crippen LogP contribution in [-0.4, -0.2) is 49.9 Å². The first kappa shape index (κ1) is 13.3. The maximum absolute atomic E-state index is 11.8. The van der Waals surface area contributed by atoms with Crippen molar-refractivity contribution in [3.63, 3.8) is 0 Å². The number of hydrogen-bond donors (Lipinski definition) is 2. The molecular weight excluding hydrogens is 250 g/mol. The average molecular weight is 267 g/mol. The molecule has 2 amide bonds. The Morgan fingerprint density at radius 1 is 1.53 bits per heavy atom. The van der Waals surface area contributed by atoms with Crippen molar-refractivity contribution in [2.24, 2.45) is 5.92 Å². The highest BCUT2D eigenvalue weighted by molar-refractivity contribution is 5.75. The van der Waals surface area contributed by atoms with Crippen molar-refractivity contribution in [3.05, 3.63) is 12.2 Å². The highest BCUT2D eigenvalue weighted by atomic mass is 16.4. The van der Waals surface area contributed by atoms with E-state index in [-0.39, 0.29) is 18.4 Å². The molecule has 0 unspecified atom stereocenters. The number of carboxylic acid groups (broad SMARTS) is 1. The maximum atomic E-state index is 11.8. The number of aryl methyl sites for hydroxylation is 1. The van der Waals surface area contributed by atoms with Gasteiger partial charge in [-0.15, -0.1) is 10.2 Å². The van der Waals surface area contributed by atoms with Gasteiger partial charge in [-0.2, -0.15) is 0 Å². The molecule has 1 saturated heterocycles. The van der Waals surface area contributed by atoms with Gasteiger partial charge in [0.25, 0.3) is 0 Å². The highest BCUT2D eigenvalue weighted by Gasteiger charge is 2.31. The summed E-state index contributed by atoms with van der Waals surface area (Å²) in [5.74, 6) is -0.0397. The minimum absolute atomic E-state index is 0.0718. The molecule has 1 aromatic heterocycles. The largest absolute Gasteiger partial charge is 0.481 e. The van der Waals surface area contributed by atoms with E-state index in [1.807, 2.05) is 11.5 Å². The Hall–Kier alpha value is -2.12. The maximum Gasteiger partial charge on any atom is 0.317 e. The number of nitrogens with one attached hydrogen (secondary N) is 1. The molecule has 0 spiro atoms. The second-order valence-corrected chi connectivity index (χ2v) is 4.56. The quantitative estimate of drug-likeness (QED) is 0.776. The first-order valence-corrected chi connectivity index (χ1v) is 6.21. The molecule has 2 rings (SSSR count). The molecule has 2 N–H and O–H groups in total. The fraction of sp³-hybridized carbons (Fsp3) is 0.636. The lowest BCUT2D eigenvalue weighted by molar-refractivity contribution is -0.139. The highest BCUT2D eigenvalue weighted by Crippen LogP contribution is 2.18. The van der Waals surface area contributed by atoms with Crippen LogP contribution in [0.15, 0.2) is 6.33 Å². The van der Waals surface area contributed by atoms with Gasteiger partial charge in [0.15, 0.2) is 5.82 Å². The molecular formula is C11H17N5O3. The molecule has 0 bridgehead atoms. The van der Waals surface area contributed by atoms with Crippen LogP contribution in [0.5, 0.6) is 0 Å². The summed E-state index contributed by atoms with van der Waals surface area (Å²) < 4.78 is 1.85. The molecule has 1 aromatic rings. The molecule has 1 fully saturated rings. The summed E-state index contributed by atoms with van der Waals surface area (Å²) >= 11 is 0. The molecule has 19 heavy (non-hydrogen) atoms. The summed E-state index contributed by atoms with van der Waals surface area (Å²) in [7, 11) is 0. The molecule has 1 aliphatic rings. The van der Waals surface area contributed by atoms with E-state index in [4.69, 9.17) is 5.11 Å². The third kappa shape index (κ3) is 3.21. The van der Waals surface area contributed by atoms with E-state index >= 15 is 0 Å². The molecule has 2 heterocycles. The van der Waals surface area contributed by atoms with Crippen LogP contribution < -0.4 is 5.32 Å². The van der Waals surface area contributed by atoms with Crippen LogP contribution in [0.3, 0.4) is 0 Å². The first-order chi connectivity index (χ1) is 9.10. The van der Waals surface area contributed by atoms with Gasteiger partial charge in [-0.25, -0.2) is 4.79 Å². The van der Waals surface area contributed by atoms with Gasteiger partial charge in [0.2, 0.25) is 0 Å². The van der Waals surface area contributed by atoms with E-state index in [0.717, 1.165) is 6.54 Å². The van der Waals surface area contributed by atoms with Crippen LogP contribution in [0.25, 0.3) is 0 Å². The number of amides is 2. The van der Waals surface area contributed by atoms with Crippen LogP contribution in [0.1, 0.15) is 19.2 Å². The fourth-order valence-electron chi connectivity index (χ4n) is 2.06. The van der Waals surface area contributed by atoms with Crippen LogP contribution in [0.4, 0.5) is 4.79 Å². The number of carbonyl (C=O) groups excluding carboxylic acids is 1. The Morgan fingerprint density at radius 3 is 2.89 bits per heavy atom. The Labute approximate surface area is 110 Å². The third-order valence-electron chi connectivity index (χ3n) is 3.14. The molecule has 0 saturated carbocycles. The monoisotopic (exact) mass is 267 g/mol. The number of aliphatic carboxylic acids is 1. The lowest BCUT2D eigenvalue weighted by Crippen LogP contribution is -2.54. The average Bonchev–Trinajstić information content (AvgIpc) is 2.77. The normalized spacial score (nSPS) is 15.1. The summed E-state index contributed by atoms with van der Waals surface area (Å²) in [6.07, 6.45) is 1.74. The number of nitrogens with zero attached hydrogens (tertiary/aromatic N) is 4. The number of hydrogen-bond acceptors (Lipinski definition) is 4. The first-order valence-electron chi connectivity index (χ1n) is 6.21. The lowest BCUT2D eigenvalue weighted by atomic mass is 9.97. The lowest BCUT2D eigenvalue weighted by Gasteiger charge is -2.38. The van der Waals surface area contributed by atoms with Gasteiger partial charge in [-0.1, -0.05) is 0 Å². The van der Waals surface area contributed by atoms with E-state index < -0.39 is 5.97 Å². The van der Waals surface area contributed by atoms with E-state index in [9.17, 15) is 9.59 Å². The topological polar surface area (TPSA) is 100 Å². The van der Waals surface area contributed by atoms with Gasteiger partial charge < -0.3 is 19.9 Å². The van der Waals surface area contributed by atoms with Crippen molar-refractivity contribution in [3.8, 4) is 0 Å². The minimum atomic E-state index is -0.818. The zero-order chi connectivity index (χ0) is 13.8. The third-order valence-corrected chi connectivity index (χ3v) is 3.14. The van der Waals surface area contributed by atoms with Crippen LogP contribution in [-0.2, 0) is 17.9 Å². The molecule has 1 aliphatic heterocycles. The Balaban J connectivity index is 1.73. The number of likely N-dealkylation sites (tertiary alicyclic amines) is 1. The Bertz CT molecular complexity index is 467. The Morgan fingerprint density at radius 2 is 2.26 bits per heavy atom. The molecule has 0 aromatic carbocycles. The summed E-state index contributed by atoms with van der Waals surface area (Å²) in [5.41, 5.74) is 0. The van der Waals surface area contributed by atoms with Gasteiger partial charge in [0, 0.05) is 25.6 Å².